The third-order valence-corrected chi connectivity index (χ3v) is 4.09. The largest absolute Gasteiger partial charge is 0.486 e. The Labute approximate surface area is 132 Å². The van der Waals surface area contributed by atoms with Crippen LogP contribution >= 0.6 is 0 Å². The summed E-state index contributed by atoms with van der Waals surface area (Å²) in [6.07, 6.45) is 2.13. The van der Waals surface area contributed by atoms with Crippen molar-refractivity contribution in [1.82, 2.24) is 9.62 Å². The van der Waals surface area contributed by atoms with Crippen molar-refractivity contribution in [2.45, 2.75) is 19.4 Å². The molecule has 0 aliphatic carbocycles. The van der Waals surface area contributed by atoms with Crippen LogP contribution in [0.1, 0.15) is 13.3 Å². The fourth-order valence-corrected chi connectivity index (χ4v) is 2.90. The quantitative estimate of drug-likeness (QED) is 0.774. The minimum atomic E-state index is -3.14. The van der Waals surface area contributed by atoms with Crippen LogP contribution in [0.3, 0.4) is 0 Å². The van der Waals surface area contributed by atoms with E-state index in [1.165, 1.54) is 6.26 Å². The number of hydrogen-bond donors (Lipinski definition) is 1. The maximum Gasteiger partial charge on any atom is 0.208 e. The molecule has 0 aromatic heterocycles. The van der Waals surface area contributed by atoms with Crippen molar-refractivity contribution < 1.29 is 17.9 Å². The number of benzene rings is 1. The molecule has 1 aromatic carbocycles. The minimum Gasteiger partial charge on any atom is -0.486 e. The zero-order valence-corrected chi connectivity index (χ0v) is 13.9. The van der Waals surface area contributed by atoms with Crippen LogP contribution < -0.4 is 14.2 Å². The van der Waals surface area contributed by atoms with E-state index in [0.29, 0.717) is 26.2 Å². The zero-order valence-electron chi connectivity index (χ0n) is 13.1. The highest BCUT2D eigenvalue weighted by molar-refractivity contribution is 7.88. The monoisotopic (exact) mass is 328 g/mol. The van der Waals surface area contributed by atoms with Crippen molar-refractivity contribution in [3.8, 4) is 11.5 Å². The van der Waals surface area contributed by atoms with E-state index < -0.39 is 10.0 Å². The van der Waals surface area contributed by atoms with Gasteiger partial charge in [0, 0.05) is 19.6 Å². The molecule has 0 bridgehead atoms. The minimum absolute atomic E-state index is 0.0420. The Morgan fingerprint density at radius 3 is 2.68 bits per heavy atom. The van der Waals surface area contributed by atoms with Crippen molar-refractivity contribution >= 4 is 10.0 Å². The van der Waals surface area contributed by atoms with Gasteiger partial charge in [0.25, 0.3) is 0 Å². The third kappa shape index (κ3) is 5.47. The fraction of sp³-hybridized carbons (Fsp3) is 0.600. The molecule has 1 aliphatic rings. The highest BCUT2D eigenvalue weighted by Crippen LogP contribution is 2.30. The molecule has 0 amide bonds. The summed E-state index contributed by atoms with van der Waals surface area (Å²) in [6, 6.07) is 7.63. The normalized spacial score (nSPS) is 17.7. The Bertz CT molecular complexity index is 577. The molecule has 1 N–H and O–H groups in total. The van der Waals surface area contributed by atoms with Crippen LogP contribution in [0.2, 0.25) is 0 Å². The molecule has 1 heterocycles. The van der Waals surface area contributed by atoms with Gasteiger partial charge in [0.1, 0.15) is 12.7 Å². The van der Waals surface area contributed by atoms with E-state index >= 15 is 0 Å². The van der Waals surface area contributed by atoms with E-state index in [9.17, 15) is 8.42 Å². The van der Waals surface area contributed by atoms with Crippen LogP contribution in [0.15, 0.2) is 24.3 Å². The standard InChI is InChI=1S/C15H24N2O4S/c1-3-9-17(10-8-16-22(2,18)19)11-13-12-20-14-6-4-5-7-15(14)21-13/h4-7,13,16H,3,8-12H2,1-2H3/t13-/m0/s1. The van der Waals surface area contributed by atoms with Crippen molar-refractivity contribution in [2.75, 3.05) is 39.0 Å². The first-order valence-electron chi connectivity index (χ1n) is 7.53. The van der Waals surface area contributed by atoms with E-state index in [2.05, 4.69) is 16.5 Å². The molecule has 0 radical (unpaired) electrons. The van der Waals surface area contributed by atoms with Gasteiger partial charge in [0.15, 0.2) is 11.5 Å². The number of sulfonamides is 1. The molecule has 0 saturated heterocycles. The summed E-state index contributed by atoms with van der Waals surface area (Å²) in [7, 11) is -3.14. The van der Waals surface area contributed by atoms with E-state index in [1.807, 2.05) is 24.3 Å². The first-order chi connectivity index (χ1) is 10.5. The fourth-order valence-electron chi connectivity index (χ4n) is 2.44. The summed E-state index contributed by atoms with van der Waals surface area (Å²) in [4.78, 5) is 2.19. The van der Waals surface area contributed by atoms with Gasteiger partial charge in [-0.05, 0) is 25.1 Å². The Morgan fingerprint density at radius 1 is 1.27 bits per heavy atom. The van der Waals surface area contributed by atoms with Gasteiger partial charge in [0.05, 0.1) is 6.26 Å². The number of rotatable bonds is 8. The Balaban J connectivity index is 1.86. The summed E-state index contributed by atoms with van der Waals surface area (Å²) in [5.41, 5.74) is 0. The van der Waals surface area contributed by atoms with E-state index in [1.54, 1.807) is 0 Å². The summed E-state index contributed by atoms with van der Waals surface area (Å²) < 4.78 is 36.4. The SMILES string of the molecule is CCCN(CCNS(C)(=O)=O)C[C@H]1COc2ccccc2O1. The molecular formula is C15H24N2O4S. The summed E-state index contributed by atoms with van der Waals surface area (Å²) in [5, 5.41) is 0. The predicted octanol–water partition coefficient (Wildman–Crippen LogP) is 1.09. The zero-order chi connectivity index (χ0) is 16.0. The average Bonchev–Trinajstić information content (AvgIpc) is 2.46. The van der Waals surface area contributed by atoms with Crippen molar-refractivity contribution in [3.05, 3.63) is 24.3 Å². The summed E-state index contributed by atoms with van der Waals surface area (Å²) in [5.74, 6) is 1.55. The molecule has 7 heteroatoms. The third-order valence-electron chi connectivity index (χ3n) is 3.36. The maximum absolute atomic E-state index is 11.1. The van der Waals surface area contributed by atoms with E-state index in [0.717, 1.165) is 24.5 Å². The van der Waals surface area contributed by atoms with Gasteiger partial charge in [-0.25, -0.2) is 13.1 Å². The van der Waals surface area contributed by atoms with Gasteiger partial charge in [0.2, 0.25) is 10.0 Å². The van der Waals surface area contributed by atoms with Gasteiger partial charge in [-0.15, -0.1) is 0 Å². The van der Waals surface area contributed by atoms with Gasteiger partial charge < -0.3 is 9.47 Å². The number of nitrogens with zero attached hydrogens (tertiary/aromatic N) is 1. The predicted molar refractivity (Wildman–Crippen MR) is 85.9 cm³/mol. The lowest BCUT2D eigenvalue weighted by atomic mass is 10.2. The number of fused-ring (bicyclic) bond motifs is 1. The van der Waals surface area contributed by atoms with Crippen LogP contribution in [0.5, 0.6) is 11.5 Å². The topological polar surface area (TPSA) is 67.9 Å². The highest BCUT2D eigenvalue weighted by atomic mass is 32.2. The molecule has 1 atom stereocenters. The lowest BCUT2D eigenvalue weighted by Crippen LogP contribution is -2.44. The molecule has 0 spiro atoms. The number of ether oxygens (including phenoxy) is 2. The first kappa shape index (κ1) is 17.1. The van der Waals surface area contributed by atoms with Crippen molar-refractivity contribution in [3.63, 3.8) is 0 Å². The van der Waals surface area contributed by atoms with Crippen LogP contribution in [0, 0.1) is 0 Å². The molecule has 0 saturated carbocycles. The Hall–Kier alpha value is -1.31. The van der Waals surface area contributed by atoms with Crippen LogP contribution in [-0.4, -0.2) is 58.5 Å². The Kier molecular flexibility index (Phi) is 6.05. The van der Waals surface area contributed by atoms with Crippen LogP contribution in [0.4, 0.5) is 0 Å². The smallest absolute Gasteiger partial charge is 0.208 e. The van der Waals surface area contributed by atoms with Gasteiger partial charge >= 0.3 is 0 Å². The average molecular weight is 328 g/mol. The van der Waals surface area contributed by atoms with Crippen molar-refractivity contribution in [2.24, 2.45) is 0 Å². The second-order valence-electron chi connectivity index (χ2n) is 5.46. The molecule has 2 rings (SSSR count). The second kappa shape index (κ2) is 7.80. The molecule has 1 aromatic rings. The van der Waals surface area contributed by atoms with E-state index in [-0.39, 0.29) is 6.10 Å². The molecule has 1 aliphatic heterocycles. The molecule has 22 heavy (non-hydrogen) atoms. The Morgan fingerprint density at radius 2 is 2.00 bits per heavy atom. The van der Waals surface area contributed by atoms with Crippen LogP contribution in [-0.2, 0) is 10.0 Å². The number of nitrogens with one attached hydrogen (secondary N) is 1. The number of para-hydroxylation sites is 2. The van der Waals surface area contributed by atoms with Crippen molar-refractivity contribution in [1.29, 1.82) is 0 Å². The van der Waals surface area contributed by atoms with Gasteiger partial charge in [-0.3, -0.25) is 4.90 Å². The first-order valence-corrected chi connectivity index (χ1v) is 9.42. The lowest BCUT2D eigenvalue weighted by Gasteiger charge is -2.31. The van der Waals surface area contributed by atoms with Crippen LogP contribution in [0.25, 0.3) is 0 Å². The van der Waals surface area contributed by atoms with Gasteiger partial charge in [-0.1, -0.05) is 19.1 Å². The molecular weight excluding hydrogens is 304 g/mol. The summed E-state index contributed by atoms with van der Waals surface area (Å²) >= 11 is 0. The van der Waals surface area contributed by atoms with E-state index in [4.69, 9.17) is 9.47 Å². The lowest BCUT2D eigenvalue weighted by molar-refractivity contribution is 0.0592. The maximum atomic E-state index is 11.1. The second-order valence-corrected chi connectivity index (χ2v) is 7.30. The molecule has 0 unspecified atom stereocenters. The number of hydrogen-bond acceptors (Lipinski definition) is 5. The molecule has 6 nitrogen and oxygen atoms in total. The highest BCUT2D eigenvalue weighted by Gasteiger charge is 2.22. The molecule has 0 fully saturated rings. The molecule has 124 valence electrons. The summed E-state index contributed by atoms with van der Waals surface area (Å²) in [6.45, 7) is 5.28. The van der Waals surface area contributed by atoms with Gasteiger partial charge in [-0.2, -0.15) is 0 Å².